The van der Waals surface area contributed by atoms with Crippen molar-refractivity contribution in [2.45, 2.75) is 26.2 Å². The molecule has 2 aromatic rings. The summed E-state index contributed by atoms with van der Waals surface area (Å²) in [7, 11) is 0. The molecule has 0 aliphatic carbocycles. The number of allylic oxidation sites excluding steroid dienone is 1. The summed E-state index contributed by atoms with van der Waals surface area (Å²) < 4.78 is 0. The first-order valence-corrected chi connectivity index (χ1v) is 8.39. The quantitative estimate of drug-likeness (QED) is 0.374. The molecule has 0 amide bonds. The van der Waals surface area contributed by atoms with Crippen LogP contribution in [0, 0.1) is 11.8 Å². The van der Waals surface area contributed by atoms with E-state index in [4.69, 9.17) is 0 Å². The van der Waals surface area contributed by atoms with Gasteiger partial charge in [-0.05, 0) is 37.7 Å². The van der Waals surface area contributed by atoms with Crippen molar-refractivity contribution < 1.29 is 9.59 Å². The summed E-state index contributed by atoms with van der Waals surface area (Å²) in [4.78, 5) is 24.9. The van der Waals surface area contributed by atoms with Crippen LogP contribution in [-0.4, -0.2) is 11.6 Å². The molecule has 0 N–H and O–H groups in total. The Labute approximate surface area is 144 Å². The Morgan fingerprint density at radius 2 is 1.58 bits per heavy atom. The summed E-state index contributed by atoms with van der Waals surface area (Å²) >= 11 is 0. The number of Topliss-reactive ketones (excluding diaryl/α,β-unsaturated/α-hetero) is 2. The van der Waals surface area contributed by atoms with Crippen LogP contribution in [0.1, 0.15) is 35.7 Å². The van der Waals surface area contributed by atoms with Gasteiger partial charge < -0.3 is 0 Å². The third kappa shape index (κ3) is 4.76. The van der Waals surface area contributed by atoms with Crippen molar-refractivity contribution in [3.05, 3.63) is 84.4 Å². The van der Waals surface area contributed by atoms with E-state index in [1.807, 2.05) is 36.4 Å². The highest BCUT2D eigenvalue weighted by molar-refractivity contribution is 6.10. The molecule has 0 bridgehead atoms. The number of benzene rings is 2. The molecule has 2 nitrogen and oxygen atoms in total. The van der Waals surface area contributed by atoms with E-state index in [9.17, 15) is 9.59 Å². The van der Waals surface area contributed by atoms with Crippen molar-refractivity contribution in [3.63, 3.8) is 0 Å². The van der Waals surface area contributed by atoms with Crippen LogP contribution in [0.5, 0.6) is 0 Å². The summed E-state index contributed by atoms with van der Waals surface area (Å²) in [6, 6.07) is 19.3. The lowest BCUT2D eigenvalue weighted by atomic mass is 9.80. The van der Waals surface area contributed by atoms with E-state index in [1.165, 1.54) is 12.5 Å². The Morgan fingerprint density at radius 3 is 2.12 bits per heavy atom. The maximum atomic E-state index is 12.8. The van der Waals surface area contributed by atoms with E-state index in [-0.39, 0.29) is 17.5 Å². The Balaban J connectivity index is 2.05. The molecule has 0 saturated carbocycles. The molecule has 2 rings (SSSR count). The van der Waals surface area contributed by atoms with Gasteiger partial charge in [-0.3, -0.25) is 9.59 Å². The lowest BCUT2D eigenvalue weighted by Crippen LogP contribution is -2.29. The van der Waals surface area contributed by atoms with E-state index < -0.39 is 5.92 Å². The first-order chi connectivity index (χ1) is 11.6. The molecular formula is C22H24O2. The number of rotatable bonds is 9. The minimum atomic E-state index is -0.638. The average molecular weight is 320 g/mol. The zero-order valence-electron chi connectivity index (χ0n) is 14.2. The lowest BCUT2D eigenvalue weighted by molar-refractivity contribution is -0.120. The number of carbonyl (C=O) groups excluding carboxylic acids is 2. The number of hydrogen-bond donors (Lipinski definition) is 0. The van der Waals surface area contributed by atoms with Gasteiger partial charge in [-0.1, -0.05) is 66.7 Å². The largest absolute Gasteiger partial charge is 0.299 e. The maximum Gasteiger partial charge on any atom is 0.173 e. The first kappa shape index (κ1) is 17.9. The number of ketones is 2. The van der Waals surface area contributed by atoms with Crippen LogP contribution >= 0.6 is 0 Å². The molecule has 0 aromatic heterocycles. The molecule has 0 aliphatic heterocycles. The van der Waals surface area contributed by atoms with Crippen LogP contribution < -0.4 is 0 Å². The summed E-state index contributed by atoms with van der Waals surface area (Å²) in [5.41, 5.74) is 1.86. The highest BCUT2D eigenvalue weighted by Crippen LogP contribution is 2.25. The maximum absolute atomic E-state index is 12.8. The van der Waals surface area contributed by atoms with Gasteiger partial charge in [0.1, 0.15) is 5.78 Å². The minimum Gasteiger partial charge on any atom is -0.299 e. The molecule has 0 saturated heterocycles. The molecule has 0 radical (unpaired) electrons. The van der Waals surface area contributed by atoms with Crippen molar-refractivity contribution in [1.29, 1.82) is 0 Å². The third-order valence-electron chi connectivity index (χ3n) is 4.36. The highest BCUT2D eigenvalue weighted by atomic mass is 16.1. The molecular weight excluding hydrogens is 296 g/mol. The van der Waals surface area contributed by atoms with Gasteiger partial charge in [-0.2, -0.15) is 0 Å². The van der Waals surface area contributed by atoms with Crippen LogP contribution in [0.2, 0.25) is 0 Å². The van der Waals surface area contributed by atoms with Crippen molar-refractivity contribution in [3.8, 4) is 0 Å². The predicted molar refractivity (Wildman–Crippen MR) is 98.0 cm³/mol. The second-order valence-electron chi connectivity index (χ2n) is 6.10. The van der Waals surface area contributed by atoms with Gasteiger partial charge in [0, 0.05) is 5.56 Å². The van der Waals surface area contributed by atoms with Crippen molar-refractivity contribution in [2.75, 3.05) is 0 Å². The SMILES string of the molecule is C=C[C@H](CCCc1ccccc1)C(C(C)=O)C(=O)c1ccccc1. The fourth-order valence-corrected chi connectivity index (χ4v) is 3.07. The predicted octanol–water partition coefficient (Wildman–Crippen LogP) is 4.90. The van der Waals surface area contributed by atoms with Gasteiger partial charge in [0.05, 0.1) is 5.92 Å². The summed E-state index contributed by atoms with van der Waals surface area (Å²) in [5.74, 6) is -0.958. The Morgan fingerprint density at radius 1 is 1.00 bits per heavy atom. The highest BCUT2D eigenvalue weighted by Gasteiger charge is 2.30. The summed E-state index contributed by atoms with van der Waals surface area (Å²) in [5, 5.41) is 0. The van der Waals surface area contributed by atoms with Crippen molar-refractivity contribution in [1.82, 2.24) is 0 Å². The molecule has 1 unspecified atom stereocenters. The fraction of sp³-hybridized carbons (Fsp3) is 0.273. The second-order valence-corrected chi connectivity index (χ2v) is 6.10. The van der Waals surface area contributed by atoms with Gasteiger partial charge in [-0.25, -0.2) is 0 Å². The van der Waals surface area contributed by atoms with Gasteiger partial charge >= 0.3 is 0 Å². The van der Waals surface area contributed by atoms with E-state index in [0.717, 1.165) is 19.3 Å². The number of aryl methyl sites for hydroxylation is 1. The van der Waals surface area contributed by atoms with Crippen LogP contribution in [0.4, 0.5) is 0 Å². The van der Waals surface area contributed by atoms with Gasteiger partial charge in [-0.15, -0.1) is 6.58 Å². The molecule has 2 aromatic carbocycles. The zero-order chi connectivity index (χ0) is 17.4. The minimum absolute atomic E-state index is 0.0894. The fourth-order valence-electron chi connectivity index (χ4n) is 3.07. The number of carbonyl (C=O) groups is 2. The van der Waals surface area contributed by atoms with Gasteiger partial charge in [0.15, 0.2) is 5.78 Å². The Bertz CT molecular complexity index is 674. The average Bonchev–Trinajstić information content (AvgIpc) is 2.62. The van der Waals surface area contributed by atoms with Crippen molar-refractivity contribution in [2.24, 2.45) is 11.8 Å². The monoisotopic (exact) mass is 320 g/mol. The van der Waals surface area contributed by atoms with E-state index in [1.54, 1.807) is 18.2 Å². The van der Waals surface area contributed by atoms with Gasteiger partial charge in [0.25, 0.3) is 0 Å². The van der Waals surface area contributed by atoms with Crippen LogP contribution in [0.25, 0.3) is 0 Å². The normalized spacial score (nSPS) is 13.0. The second kappa shape index (κ2) is 8.97. The van der Waals surface area contributed by atoms with E-state index in [0.29, 0.717) is 5.56 Å². The molecule has 0 spiro atoms. The van der Waals surface area contributed by atoms with Crippen LogP contribution in [0.15, 0.2) is 73.3 Å². The Kier molecular flexibility index (Phi) is 6.68. The lowest BCUT2D eigenvalue weighted by Gasteiger charge is -2.21. The molecule has 0 aliphatic rings. The Hall–Kier alpha value is -2.48. The zero-order valence-corrected chi connectivity index (χ0v) is 14.2. The van der Waals surface area contributed by atoms with Crippen molar-refractivity contribution >= 4 is 11.6 Å². The van der Waals surface area contributed by atoms with Crippen LogP contribution in [0.3, 0.4) is 0 Å². The smallest absolute Gasteiger partial charge is 0.173 e. The summed E-state index contributed by atoms with van der Waals surface area (Å²) in [6.07, 6.45) is 4.40. The van der Waals surface area contributed by atoms with Gasteiger partial charge in [0.2, 0.25) is 0 Å². The molecule has 2 atom stereocenters. The van der Waals surface area contributed by atoms with Crippen LogP contribution in [-0.2, 0) is 11.2 Å². The molecule has 0 heterocycles. The standard InChI is InChI=1S/C22H24O2/c1-3-19(16-10-13-18-11-6-4-7-12-18)21(17(2)23)22(24)20-14-8-5-9-15-20/h3-9,11-12,14-15,19,21H,1,10,13,16H2,2H3/t19-,21?/m1/s1. The van der Waals surface area contributed by atoms with E-state index >= 15 is 0 Å². The third-order valence-corrected chi connectivity index (χ3v) is 4.36. The topological polar surface area (TPSA) is 34.1 Å². The molecule has 124 valence electrons. The molecule has 0 fully saturated rings. The van der Waals surface area contributed by atoms with E-state index in [2.05, 4.69) is 18.7 Å². The molecule has 2 heteroatoms. The number of hydrogen-bond acceptors (Lipinski definition) is 2. The summed E-state index contributed by atoms with van der Waals surface area (Å²) in [6.45, 7) is 5.36. The molecule has 24 heavy (non-hydrogen) atoms. The first-order valence-electron chi connectivity index (χ1n) is 8.39.